The average molecular weight is 353 g/mol. The fourth-order valence-electron chi connectivity index (χ4n) is 3.55. The van der Waals surface area contributed by atoms with E-state index in [0.29, 0.717) is 29.2 Å². The lowest BCUT2D eigenvalue weighted by Gasteiger charge is -2.30. The summed E-state index contributed by atoms with van der Waals surface area (Å²) in [6, 6.07) is 6.85. The number of ketones is 1. The number of rotatable bonds is 3. The van der Waals surface area contributed by atoms with Crippen molar-refractivity contribution in [1.29, 1.82) is 0 Å². The van der Waals surface area contributed by atoms with Crippen molar-refractivity contribution < 1.29 is 19.1 Å². The van der Waals surface area contributed by atoms with Gasteiger partial charge in [0.1, 0.15) is 23.0 Å². The number of benzene rings is 1. The van der Waals surface area contributed by atoms with Crippen molar-refractivity contribution in [1.82, 2.24) is 4.90 Å². The van der Waals surface area contributed by atoms with Crippen molar-refractivity contribution in [2.45, 2.75) is 33.2 Å². The van der Waals surface area contributed by atoms with Crippen LogP contribution in [0.2, 0.25) is 0 Å². The number of Topliss-reactive ketones (excluding diaryl/α,β-unsaturated/α-hetero) is 1. The number of hydrogen-bond donors (Lipinski definition) is 1. The number of piperidine rings is 1. The van der Waals surface area contributed by atoms with E-state index in [-0.39, 0.29) is 17.3 Å². The number of likely N-dealkylation sites (tertiary alicyclic amines) is 1. The molecule has 5 nitrogen and oxygen atoms in total. The summed E-state index contributed by atoms with van der Waals surface area (Å²) in [5.41, 5.74) is 1.18. The monoisotopic (exact) mass is 353 g/mol. The number of fused-ring (bicyclic) bond motifs is 1. The van der Waals surface area contributed by atoms with Gasteiger partial charge in [0.15, 0.2) is 5.76 Å². The molecule has 2 aromatic rings. The molecule has 5 heteroatoms. The maximum absolute atomic E-state index is 12.7. The van der Waals surface area contributed by atoms with Gasteiger partial charge in [0.25, 0.3) is 0 Å². The zero-order valence-corrected chi connectivity index (χ0v) is 15.1. The Morgan fingerprint density at radius 3 is 2.69 bits per heavy atom. The van der Waals surface area contributed by atoms with Crippen LogP contribution in [0.5, 0.6) is 11.5 Å². The van der Waals surface area contributed by atoms with Gasteiger partial charge in [-0.2, -0.15) is 0 Å². The molecule has 3 heterocycles. The zero-order valence-electron chi connectivity index (χ0n) is 15.1. The Morgan fingerprint density at radius 2 is 2.00 bits per heavy atom. The molecule has 2 aliphatic heterocycles. The normalized spacial score (nSPS) is 19.8. The summed E-state index contributed by atoms with van der Waals surface area (Å²) in [6.07, 6.45) is 3.91. The van der Waals surface area contributed by atoms with E-state index in [1.165, 1.54) is 0 Å². The number of hydrogen-bond acceptors (Lipinski definition) is 5. The molecule has 0 bridgehead atoms. The molecule has 0 amide bonds. The first kappa shape index (κ1) is 16.9. The van der Waals surface area contributed by atoms with Crippen LogP contribution in [-0.4, -0.2) is 28.9 Å². The molecule has 0 radical (unpaired) electrons. The number of aryl methyl sites for hydroxylation is 1. The number of phenolic OH excluding ortho intramolecular Hbond substituents is 1. The molecule has 26 heavy (non-hydrogen) atoms. The maximum atomic E-state index is 12.7. The summed E-state index contributed by atoms with van der Waals surface area (Å²) < 4.78 is 11.4. The Labute approximate surface area is 152 Å². The molecule has 0 aliphatic carbocycles. The number of nitrogens with zero attached hydrogens (tertiary/aromatic N) is 1. The third-order valence-electron chi connectivity index (χ3n) is 5.21. The van der Waals surface area contributed by atoms with Gasteiger partial charge in [-0.25, -0.2) is 0 Å². The molecule has 1 aromatic carbocycles. The van der Waals surface area contributed by atoms with Crippen molar-refractivity contribution in [3.63, 3.8) is 0 Å². The van der Waals surface area contributed by atoms with Gasteiger partial charge in [-0.1, -0.05) is 6.92 Å². The van der Waals surface area contributed by atoms with Crippen molar-refractivity contribution in [2.24, 2.45) is 5.92 Å². The molecule has 1 N–H and O–H groups in total. The minimum Gasteiger partial charge on any atom is -0.507 e. The number of carbonyl (C=O) groups is 1. The molecule has 1 fully saturated rings. The standard InChI is InChI=1S/C21H23NO4/c1-13-7-9-22(10-8-13)12-17-18(23)6-5-16-20(24)19(26-21(16)17)11-15-4-3-14(2)25-15/h3-6,11,13,23H,7-10,12H2,1-2H3/b19-11+. The highest BCUT2D eigenvalue weighted by Crippen LogP contribution is 2.40. The van der Waals surface area contributed by atoms with E-state index in [0.717, 1.165) is 37.6 Å². The quantitative estimate of drug-likeness (QED) is 0.840. The van der Waals surface area contributed by atoms with Gasteiger partial charge in [0.05, 0.1) is 11.1 Å². The summed E-state index contributed by atoms with van der Waals surface area (Å²) in [5.74, 6) is 2.79. The average Bonchev–Trinajstić information content (AvgIpc) is 3.16. The second-order valence-electron chi connectivity index (χ2n) is 7.29. The first-order chi connectivity index (χ1) is 12.5. The van der Waals surface area contributed by atoms with Gasteiger partial charge in [0, 0.05) is 12.6 Å². The van der Waals surface area contributed by atoms with Crippen molar-refractivity contribution in [2.75, 3.05) is 13.1 Å². The van der Waals surface area contributed by atoms with Gasteiger partial charge in [-0.3, -0.25) is 9.69 Å². The lowest BCUT2D eigenvalue weighted by molar-refractivity contribution is 0.101. The molecule has 0 spiro atoms. The van der Waals surface area contributed by atoms with E-state index in [4.69, 9.17) is 9.15 Å². The number of phenols is 1. The Kier molecular flexibility index (Phi) is 4.32. The van der Waals surface area contributed by atoms with E-state index in [1.54, 1.807) is 24.3 Å². The van der Waals surface area contributed by atoms with Crippen LogP contribution in [0.1, 0.15) is 47.2 Å². The van der Waals surface area contributed by atoms with Crippen molar-refractivity contribution >= 4 is 11.9 Å². The van der Waals surface area contributed by atoms with Crippen LogP contribution in [-0.2, 0) is 6.54 Å². The minimum atomic E-state index is -0.178. The Hall–Kier alpha value is -2.53. The van der Waals surface area contributed by atoms with Gasteiger partial charge in [-0.15, -0.1) is 0 Å². The molecule has 1 aromatic heterocycles. The molecule has 1 saturated heterocycles. The van der Waals surface area contributed by atoms with Gasteiger partial charge in [-0.05, 0) is 63.0 Å². The van der Waals surface area contributed by atoms with Crippen LogP contribution in [0.25, 0.3) is 6.08 Å². The Balaban J connectivity index is 1.62. The molecule has 0 saturated carbocycles. The lowest BCUT2D eigenvalue weighted by Crippen LogP contribution is -2.32. The molecule has 0 atom stereocenters. The van der Waals surface area contributed by atoms with Crippen LogP contribution >= 0.6 is 0 Å². The predicted octanol–water partition coefficient (Wildman–Crippen LogP) is 4.14. The molecule has 0 unspecified atom stereocenters. The van der Waals surface area contributed by atoms with Crippen LogP contribution in [0.3, 0.4) is 0 Å². The Morgan fingerprint density at radius 1 is 1.23 bits per heavy atom. The second-order valence-corrected chi connectivity index (χ2v) is 7.29. The minimum absolute atomic E-state index is 0.172. The van der Waals surface area contributed by atoms with E-state index in [9.17, 15) is 9.90 Å². The number of ether oxygens (including phenoxy) is 1. The summed E-state index contributed by atoms with van der Waals surface area (Å²) >= 11 is 0. The predicted molar refractivity (Wildman–Crippen MR) is 98.2 cm³/mol. The van der Waals surface area contributed by atoms with Crippen LogP contribution in [0, 0.1) is 12.8 Å². The fraction of sp³-hybridized carbons (Fsp3) is 0.381. The Bertz CT molecular complexity index is 872. The summed E-state index contributed by atoms with van der Waals surface area (Å²) in [6.45, 7) is 6.69. The van der Waals surface area contributed by atoms with E-state index in [2.05, 4.69) is 11.8 Å². The smallest absolute Gasteiger partial charge is 0.232 e. The third-order valence-corrected chi connectivity index (χ3v) is 5.21. The molecule has 2 aliphatic rings. The second kappa shape index (κ2) is 6.65. The first-order valence-electron chi connectivity index (χ1n) is 9.09. The number of furan rings is 1. The van der Waals surface area contributed by atoms with Crippen molar-refractivity contribution in [3.05, 3.63) is 52.7 Å². The summed E-state index contributed by atoms with van der Waals surface area (Å²) in [5, 5.41) is 10.4. The molecule has 136 valence electrons. The molecular formula is C21H23NO4. The van der Waals surface area contributed by atoms with E-state index in [1.807, 2.05) is 13.0 Å². The SMILES string of the molecule is Cc1ccc(/C=C2/Oc3c(ccc(O)c3CN3CCC(C)CC3)C2=O)o1. The summed E-state index contributed by atoms with van der Waals surface area (Å²) in [7, 11) is 0. The van der Waals surface area contributed by atoms with Gasteiger partial charge in [0.2, 0.25) is 5.78 Å². The van der Waals surface area contributed by atoms with Crippen LogP contribution in [0.4, 0.5) is 0 Å². The van der Waals surface area contributed by atoms with Crippen LogP contribution < -0.4 is 4.74 Å². The number of carbonyl (C=O) groups excluding carboxylic acids is 1. The van der Waals surface area contributed by atoms with Crippen molar-refractivity contribution in [3.8, 4) is 11.5 Å². The van der Waals surface area contributed by atoms with Gasteiger partial charge < -0.3 is 14.3 Å². The first-order valence-corrected chi connectivity index (χ1v) is 9.09. The molecular weight excluding hydrogens is 330 g/mol. The highest BCUT2D eigenvalue weighted by atomic mass is 16.5. The molecule has 4 rings (SSSR count). The topological polar surface area (TPSA) is 62.9 Å². The number of allylic oxidation sites excluding steroid dienone is 1. The zero-order chi connectivity index (χ0) is 18.3. The highest BCUT2D eigenvalue weighted by molar-refractivity contribution is 6.14. The van der Waals surface area contributed by atoms with E-state index < -0.39 is 0 Å². The highest BCUT2D eigenvalue weighted by Gasteiger charge is 2.32. The fourth-order valence-corrected chi connectivity index (χ4v) is 3.55. The third kappa shape index (κ3) is 3.15. The number of aromatic hydroxyl groups is 1. The largest absolute Gasteiger partial charge is 0.507 e. The van der Waals surface area contributed by atoms with Gasteiger partial charge >= 0.3 is 0 Å². The maximum Gasteiger partial charge on any atom is 0.232 e. The van der Waals surface area contributed by atoms with Crippen LogP contribution in [0.15, 0.2) is 34.4 Å². The van der Waals surface area contributed by atoms with E-state index >= 15 is 0 Å². The lowest BCUT2D eigenvalue weighted by atomic mass is 9.98. The summed E-state index contributed by atoms with van der Waals surface area (Å²) in [4.78, 5) is 15.0.